The van der Waals surface area contributed by atoms with Crippen LogP contribution < -0.4 is 11.1 Å². The van der Waals surface area contributed by atoms with Crippen LogP contribution in [0.2, 0.25) is 0 Å². The fourth-order valence-corrected chi connectivity index (χ4v) is 2.64. The zero-order valence-electron chi connectivity index (χ0n) is 10.1. The summed E-state index contributed by atoms with van der Waals surface area (Å²) in [5.74, 6) is 0.599. The third-order valence-electron chi connectivity index (χ3n) is 3.64. The van der Waals surface area contributed by atoms with Crippen LogP contribution in [-0.4, -0.2) is 5.66 Å². The molecular formula is C14H22N2. The van der Waals surface area contributed by atoms with Crippen LogP contribution in [0.25, 0.3) is 0 Å². The fraction of sp³-hybridized carbons (Fsp3) is 0.571. The SMILES string of the molecule is CC(N)(Nc1ccccc1)C1CCCCC1. The van der Waals surface area contributed by atoms with Gasteiger partial charge in [-0.25, -0.2) is 0 Å². The minimum Gasteiger partial charge on any atom is -0.367 e. The lowest BCUT2D eigenvalue weighted by Gasteiger charge is -2.38. The summed E-state index contributed by atoms with van der Waals surface area (Å²) in [5.41, 5.74) is 7.26. The molecule has 1 atom stereocenters. The molecule has 2 rings (SSSR count). The van der Waals surface area contributed by atoms with Crippen LogP contribution >= 0.6 is 0 Å². The maximum atomic E-state index is 6.41. The van der Waals surface area contributed by atoms with Crippen LogP contribution in [0.5, 0.6) is 0 Å². The lowest BCUT2D eigenvalue weighted by Crippen LogP contribution is -2.51. The van der Waals surface area contributed by atoms with E-state index in [1.165, 1.54) is 32.1 Å². The number of nitrogens with two attached hydrogens (primary N) is 1. The zero-order valence-corrected chi connectivity index (χ0v) is 10.1. The highest BCUT2D eigenvalue weighted by Crippen LogP contribution is 2.31. The number of hydrogen-bond acceptors (Lipinski definition) is 2. The van der Waals surface area contributed by atoms with Crippen LogP contribution in [0, 0.1) is 5.92 Å². The summed E-state index contributed by atoms with van der Waals surface area (Å²) in [6.45, 7) is 2.12. The maximum absolute atomic E-state index is 6.41. The van der Waals surface area contributed by atoms with Gasteiger partial charge in [-0.1, -0.05) is 37.5 Å². The topological polar surface area (TPSA) is 38.0 Å². The predicted molar refractivity (Wildman–Crippen MR) is 69.2 cm³/mol. The molecule has 16 heavy (non-hydrogen) atoms. The lowest BCUT2D eigenvalue weighted by atomic mass is 9.81. The van der Waals surface area contributed by atoms with E-state index in [0.29, 0.717) is 5.92 Å². The van der Waals surface area contributed by atoms with E-state index in [1.807, 2.05) is 18.2 Å². The molecule has 1 unspecified atom stereocenters. The van der Waals surface area contributed by atoms with Gasteiger partial charge >= 0.3 is 0 Å². The van der Waals surface area contributed by atoms with Gasteiger partial charge in [-0.05, 0) is 37.8 Å². The molecule has 1 aromatic rings. The van der Waals surface area contributed by atoms with Gasteiger partial charge in [0.05, 0.1) is 5.66 Å². The van der Waals surface area contributed by atoms with Gasteiger partial charge in [-0.15, -0.1) is 0 Å². The smallest absolute Gasteiger partial charge is 0.0856 e. The summed E-state index contributed by atoms with van der Waals surface area (Å²) in [7, 11) is 0. The van der Waals surface area contributed by atoms with Crippen molar-refractivity contribution in [2.24, 2.45) is 11.7 Å². The Hall–Kier alpha value is -1.02. The third kappa shape index (κ3) is 2.76. The summed E-state index contributed by atoms with van der Waals surface area (Å²) in [6.07, 6.45) is 6.54. The number of anilines is 1. The first-order valence-electron chi connectivity index (χ1n) is 6.30. The van der Waals surface area contributed by atoms with Gasteiger partial charge in [0.25, 0.3) is 0 Å². The van der Waals surface area contributed by atoms with E-state index < -0.39 is 0 Å². The van der Waals surface area contributed by atoms with Crippen LogP contribution in [0.3, 0.4) is 0 Å². The quantitative estimate of drug-likeness (QED) is 0.763. The standard InChI is InChI=1S/C14H22N2/c1-14(15,12-8-4-2-5-9-12)16-13-10-6-3-7-11-13/h3,6-7,10-12,16H,2,4-5,8-9,15H2,1H3. The van der Waals surface area contributed by atoms with E-state index in [-0.39, 0.29) is 5.66 Å². The normalized spacial score (nSPS) is 21.4. The zero-order chi connectivity index (χ0) is 11.4. The molecule has 88 valence electrons. The highest BCUT2D eigenvalue weighted by molar-refractivity contribution is 5.44. The molecule has 2 nitrogen and oxygen atoms in total. The van der Waals surface area contributed by atoms with Gasteiger partial charge in [0.15, 0.2) is 0 Å². The summed E-state index contributed by atoms with van der Waals surface area (Å²) >= 11 is 0. The molecule has 2 heteroatoms. The number of para-hydroxylation sites is 1. The second kappa shape index (κ2) is 4.88. The molecule has 0 aliphatic heterocycles. The third-order valence-corrected chi connectivity index (χ3v) is 3.64. The minimum absolute atomic E-state index is 0.276. The van der Waals surface area contributed by atoms with Crippen molar-refractivity contribution in [1.82, 2.24) is 0 Å². The molecular weight excluding hydrogens is 196 g/mol. The molecule has 0 aromatic heterocycles. The van der Waals surface area contributed by atoms with E-state index in [0.717, 1.165) is 5.69 Å². The summed E-state index contributed by atoms with van der Waals surface area (Å²) in [6, 6.07) is 10.3. The Labute approximate surface area is 98.2 Å². The van der Waals surface area contributed by atoms with Gasteiger partial charge in [-0.2, -0.15) is 0 Å². The van der Waals surface area contributed by atoms with Crippen LogP contribution in [0.15, 0.2) is 30.3 Å². The molecule has 0 amide bonds. The lowest BCUT2D eigenvalue weighted by molar-refractivity contribution is 0.247. The van der Waals surface area contributed by atoms with Crippen molar-refractivity contribution < 1.29 is 0 Å². The number of nitrogens with one attached hydrogen (secondary N) is 1. The van der Waals surface area contributed by atoms with Crippen LogP contribution in [-0.2, 0) is 0 Å². The van der Waals surface area contributed by atoms with Crippen molar-refractivity contribution in [3.63, 3.8) is 0 Å². The summed E-state index contributed by atoms with van der Waals surface area (Å²) < 4.78 is 0. The molecule has 1 aromatic carbocycles. The second-order valence-corrected chi connectivity index (χ2v) is 5.11. The molecule has 0 saturated heterocycles. The van der Waals surface area contributed by atoms with E-state index >= 15 is 0 Å². The molecule has 0 spiro atoms. The van der Waals surface area contributed by atoms with E-state index in [1.54, 1.807) is 0 Å². The van der Waals surface area contributed by atoms with Crippen molar-refractivity contribution in [3.8, 4) is 0 Å². The highest BCUT2D eigenvalue weighted by Gasteiger charge is 2.30. The van der Waals surface area contributed by atoms with E-state index in [9.17, 15) is 0 Å². The second-order valence-electron chi connectivity index (χ2n) is 5.11. The Bertz CT molecular complexity index is 313. The van der Waals surface area contributed by atoms with Crippen LogP contribution in [0.4, 0.5) is 5.69 Å². The number of benzene rings is 1. The van der Waals surface area contributed by atoms with Crippen LogP contribution in [0.1, 0.15) is 39.0 Å². The highest BCUT2D eigenvalue weighted by atomic mass is 15.1. The number of rotatable bonds is 3. The maximum Gasteiger partial charge on any atom is 0.0856 e. The van der Waals surface area contributed by atoms with Crippen molar-refractivity contribution in [2.45, 2.75) is 44.7 Å². The molecule has 1 aliphatic rings. The molecule has 0 heterocycles. The molecule has 1 fully saturated rings. The Morgan fingerprint density at radius 2 is 1.75 bits per heavy atom. The van der Waals surface area contributed by atoms with Crippen molar-refractivity contribution in [3.05, 3.63) is 30.3 Å². The molecule has 1 saturated carbocycles. The first-order chi connectivity index (χ1) is 7.68. The first kappa shape index (κ1) is 11.5. The monoisotopic (exact) mass is 218 g/mol. The summed E-state index contributed by atoms with van der Waals surface area (Å²) in [4.78, 5) is 0. The Morgan fingerprint density at radius 3 is 2.38 bits per heavy atom. The molecule has 1 aliphatic carbocycles. The predicted octanol–water partition coefficient (Wildman–Crippen LogP) is 3.35. The van der Waals surface area contributed by atoms with E-state index in [2.05, 4.69) is 24.4 Å². The molecule has 0 radical (unpaired) electrons. The average molecular weight is 218 g/mol. The Kier molecular flexibility index (Phi) is 3.49. The van der Waals surface area contributed by atoms with Gasteiger partial charge in [0, 0.05) is 5.69 Å². The minimum atomic E-state index is -0.276. The summed E-state index contributed by atoms with van der Waals surface area (Å²) in [5, 5.41) is 3.47. The molecule has 3 N–H and O–H groups in total. The fourth-order valence-electron chi connectivity index (χ4n) is 2.64. The largest absolute Gasteiger partial charge is 0.367 e. The number of hydrogen-bond donors (Lipinski definition) is 2. The average Bonchev–Trinajstić information content (AvgIpc) is 2.31. The van der Waals surface area contributed by atoms with Crippen molar-refractivity contribution in [1.29, 1.82) is 0 Å². The van der Waals surface area contributed by atoms with Gasteiger partial charge in [0.2, 0.25) is 0 Å². The molecule has 0 bridgehead atoms. The Balaban J connectivity index is 2.01. The van der Waals surface area contributed by atoms with Crippen molar-refractivity contribution in [2.75, 3.05) is 5.32 Å². The van der Waals surface area contributed by atoms with Crippen molar-refractivity contribution >= 4 is 5.69 Å². The van der Waals surface area contributed by atoms with E-state index in [4.69, 9.17) is 5.73 Å². The van der Waals surface area contributed by atoms with Gasteiger partial charge in [-0.3, -0.25) is 0 Å². The first-order valence-corrected chi connectivity index (χ1v) is 6.30. The van der Waals surface area contributed by atoms with Gasteiger partial charge < -0.3 is 11.1 Å². The Morgan fingerprint density at radius 1 is 1.12 bits per heavy atom. The van der Waals surface area contributed by atoms with Gasteiger partial charge in [0.1, 0.15) is 0 Å².